The van der Waals surface area contributed by atoms with Crippen LogP contribution in [0.1, 0.15) is 91.9 Å². The van der Waals surface area contributed by atoms with E-state index in [-0.39, 0.29) is 6.10 Å². The van der Waals surface area contributed by atoms with Crippen LogP contribution in [0.2, 0.25) is 0 Å². The third-order valence-electron chi connectivity index (χ3n) is 10.7. The van der Waals surface area contributed by atoms with E-state index in [9.17, 15) is 5.11 Å². The van der Waals surface area contributed by atoms with Crippen LogP contribution in [0.3, 0.4) is 0 Å². The average Bonchev–Trinajstić information content (AvgIpc) is 2.99. The molecule has 3 N–H and O–H groups in total. The molecular weight excluding hydrogens is 330 g/mol. The number of aliphatic hydroxyl groups excluding tert-OH is 1. The molecule has 4 rings (SSSR count). The van der Waals surface area contributed by atoms with Crippen molar-refractivity contribution >= 4 is 0 Å². The van der Waals surface area contributed by atoms with Gasteiger partial charge in [0, 0.05) is 0 Å². The molecule has 0 spiro atoms. The van der Waals surface area contributed by atoms with E-state index in [1.54, 1.807) is 0 Å². The van der Waals surface area contributed by atoms with Gasteiger partial charge in [-0.05, 0) is 117 Å². The Hall–Kier alpha value is -0.0800. The van der Waals surface area contributed by atoms with E-state index >= 15 is 0 Å². The van der Waals surface area contributed by atoms with E-state index in [1.165, 1.54) is 51.4 Å². The van der Waals surface area contributed by atoms with Gasteiger partial charge in [-0.3, -0.25) is 0 Å². The zero-order chi connectivity index (χ0) is 19.4. The Balaban J connectivity index is 1.61. The van der Waals surface area contributed by atoms with E-state index in [0.717, 1.165) is 60.8 Å². The Morgan fingerprint density at radius 2 is 1.67 bits per heavy atom. The SMILES string of the molecule is CC[C@H]1C[C@@H]2[C@H](CC[C@]3(C)[C@@H]([C@H](C)CCN)CC[C@@H]23)[C@@]2(C)CC[C@@H](O)C[C@@H]12. The van der Waals surface area contributed by atoms with Crippen molar-refractivity contribution in [2.75, 3.05) is 6.54 Å². The van der Waals surface area contributed by atoms with Gasteiger partial charge in [-0.15, -0.1) is 0 Å². The highest BCUT2D eigenvalue weighted by Crippen LogP contribution is 2.69. The Labute approximate surface area is 168 Å². The van der Waals surface area contributed by atoms with Gasteiger partial charge in [0.05, 0.1) is 6.10 Å². The van der Waals surface area contributed by atoms with Crippen molar-refractivity contribution in [1.29, 1.82) is 0 Å². The molecule has 0 aromatic carbocycles. The molecular formula is C25H45NO. The summed E-state index contributed by atoms with van der Waals surface area (Å²) in [6.07, 6.45) is 13.1. The van der Waals surface area contributed by atoms with Crippen LogP contribution in [0.4, 0.5) is 0 Å². The molecule has 0 aliphatic heterocycles. The minimum atomic E-state index is -0.0319. The predicted octanol–water partition coefficient (Wildman–Crippen LogP) is 5.63. The fourth-order valence-electron chi connectivity index (χ4n) is 9.37. The first-order valence-electron chi connectivity index (χ1n) is 12.2. The average molecular weight is 376 g/mol. The molecule has 4 aliphatic rings. The zero-order valence-electron chi connectivity index (χ0n) is 18.4. The summed E-state index contributed by atoms with van der Waals surface area (Å²) in [6, 6.07) is 0. The third kappa shape index (κ3) is 3.03. The fourth-order valence-corrected chi connectivity index (χ4v) is 9.37. The smallest absolute Gasteiger partial charge is 0.0543 e. The largest absolute Gasteiger partial charge is 0.393 e. The van der Waals surface area contributed by atoms with Crippen LogP contribution in [-0.2, 0) is 0 Å². The summed E-state index contributed by atoms with van der Waals surface area (Å²) in [5, 5.41) is 10.4. The molecule has 0 saturated heterocycles. The van der Waals surface area contributed by atoms with Gasteiger partial charge in [0.2, 0.25) is 0 Å². The van der Waals surface area contributed by atoms with Crippen molar-refractivity contribution in [3.63, 3.8) is 0 Å². The highest BCUT2D eigenvalue weighted by molar-refractivity contribution is 5.11. The van der Waals surface area contributed by atoms with Crippen LogP contribution in [0.25, 0.3) is 0 Å². The molecule has 0 aromatic heterocycles. The standard InChI is InChI=1S/C25H45NO/c1-5-17-14-19-21-7-6-20(16(2)10-13-26)24(21,3)12-9-22(19)25(4)11-8-18(27)15-23(17)25/h16-23,27H,5-15,26H2,1-4H3/t16-,17+,18-,19+,20-,21+,22+,23+,24-,25-/m1/s1. The lowest BCUT2D eigenvalue weighted by molar-refractivity contribution is -0.152. The van der Waals surface area contributed by atoms with Crippen molar-refractivity contribution in [3.8, 4) is 0 Å². The summed E-state index contributed by atoms with van der Waals surface area (Å²) in [7, 11) is 0. The Bertz CT molecular complexity index is 534. The molecule has 0 bridgehead atoms. The minimum absolute atomic E-state index is 0.0319. The monoisotopic (exact) mass is 375 g/mol. The quantitative estimate of drug-likeness (QED) is 0.669. The molecule has 10 atom stereocenters. The molecule has 0 heterocycles. The van der Waals surface area contributed by atoms with Crippen LogP contribution < -0.4 is 5.73 Å². The normalized spacial score (nSPS) is 53.3. The molecule has 2 nitrogen and oxygen atoms in total. The minimum Gasteiger partial charge on any atom is -0.393 e. The van der Waals surface area contributed by atoms with Gasteiger partial charge in [0.15, 0.2) is 0 Å². The molecule has 4 fully saturated rings. The molecule has 156 valence electrons. The van der Waals surface area contributed by atoms with Gasteiger partial charge in [0.1, 0.15) is 0 Å². The van der Waals surface area contributed by atoms with Crippen LogP contribution in [-0.4, -0.2) is 17.8 Å². The molecule has 4 aliphatic carbocycles. The van der Waals surface area contributed by atoms with Crippen molar-refractivity contribution in [3.05, 3.63) is 0 Å². The first kappa shape index (κ1) is 20.2. The zero-order valence-corrected chi connectivity index (χ0v) is 18.4. The predicted molar refractivity (Wildman–Crippen MR) is 113 cm³/mol. The Kier molecular flexibility index (Phi) is 5.47. The van der Waals surface area contributed by atoms with E-state index in [1.807, 2.05) is 0 Å². The number of aliphatic hydroxyl groups is 1. The number of fused-ring (bicyclic) bond motifs is 5. The summed E-state index contributed by atoms with van der Waals surface area (Å²) >= 11 is 0. The van der Waals surface area contributed by atoms with Gasteiger partial charge in [0.25, 0.3) is 0 Å². The summed E-state index contributed by atoms with van der Waals surface area (Å²) in [5.74, 6) is 6.10. The van der Waals surface area contributed by atoms with Crippen LogP contribution in [0.15, 0.2) is 0 Å². The highest BCUT2D eigenvalue weighted by atomic mass is 16.3. The Morgan fingerprint density at radius 3 is 2.37 bits per heavy atom. The lowest BCUT2D eigenvalue weighted by Crippen LogP contribution is -2.56. The van der Waals surface area contributed by atoms with Gasteiger partial charge in [-0.2, -0.15) is 0 Å². The van der Waals surface area contributed by atoms with E-state index < -0.39 is 0 Å². The highest BCUT2D eigenvalue weighted by Gasteiger charge is 2.62. The van der Waals surface area contributed by atoms with Crippen LogP contribution in [0, 0.1) is 52.3 Å². The van der Waals surface area contributed by atoms with Crippen LogP contribution in [0.5, 0.6) is 0 Å². The molecule has 0 aromatic rings. The topological polar surface area (TPSA) is 46.2 Å². The molecule has 27 heavy (non-hydrogen) atoms. The summed E-state index contributed by atoms with van der Waals surface area (Å²) in [4.78, 5) is 0. The maximum atomic E-state index is 10.4. The Morgan fingerprint density at radius 1 is 0.963 bits per heavy atom. The second-order valence-corrected chi connectivity index (χ2v) is 11.6. The summed E-state index contributed by atoms with van der Waals surface area (Å²) < 4.78 is 0. The number of nitrogens with two attached hydrogens (primary N) is 1. The van der Waals surface area contributed by atoms with Gasteiger partial charge >= 0.3 is 0 Å². The van der Waals surface area contributed by atoms with Crippen molar-refractivity contribution in [2.45, 2.75) is 98.0 Å². The maximum Gasteiger partial charge on any atom is 0.0543 e. The fraction of sp³-hybridized carbons (Fsp3) is 1.00. The molecule has 4 saturated carbocycles. The summed E-state index contributed by atoms with van der Waals surface area (Å²) in [5.41, 5.74) is 6.98. The lowest BCUT2D eigenvalue weighted by Gasteiger charge is -2.63. The van der Waals surface area contributed by atoms with E-state index in [4.69, 9.17) is 5.73 Å². The number of rotatable bonds is 4. The lowest BCUT2D eigenvalue weighted by atomic mass is 9.42. The maximum absolute atomic E-state index is 10.4. The van der Waals surface area contributed by atoms with E-state index in [0.29, 0.717) is 10.8 Å². The third-order valence-corrected chi connectivity index (χ3v) is 10.7. The van der Waals surface area contributed by atoms with Crippen molar-refractivity contribution in [1.82, 2.24) is 0 Å². The van der Waals surface area contributed by atoms with Gasteiger partial charge in [-0.25, -0.2) is 0 Å². The first-order chi connectivity index (χ1) is 12.8. The molecule has 0 amide bonds. The second-order valence-electron chi connectivity index (χ2n) is 11.6. The van der Waals surface area contributed by atoms with Gasteiger partial charge < -0.3 is 10.8 Å². The van der Waals surface area contributed by atoms with Gasteiger partial charge in [-0.1, -0.05) is 34.1 Å². The number of hydrogen-bond acceptors (Lipinski definition) is 2. The van der Waals surface area contributed by atoms with Crippen LogP contribution >= 0.6 is 0 Å². The van der Waals surface area contributed by atoms with Crippen molar-refractivity contribution in [2.24, 2.45) is 58.0 Å². The summed E-state index contributed by atoms with van der Waals surface area (Å²) in [6.45, 7) is 11.0. The number of hydrogen-bond donors (Lipinski definition) is 2. The van der Waals surface area contributed by atoms with E-state index in [2.05, 4.69) is 27.7 Å². The molecule has 0 unspecified atom stereocenters. The first-order valence-corrected chi connectivity index (χ1v) is 12.2. The second kappa shape index (κ2) is 7.31. The van der Waals surface area contributed by atoms with Crippen molar-refractivity contribution < 1.29 is 5.11 Å². The molecule has 2 heteroatoms. The molecule has 0 radical (unpaired) electrons.